The summed E-state index contributed by atoms with van der Waals surface area (Å²) < 4.78 is 7.71. The van der Waals surface area contributed by atoms with E-state index in [1.807, 2.05) is 18.2 Å². The highest BCUT2D eigenvalue weighted by molar-refractivity contribution is 7.99. The third kappa shape index (κ3) is 3.54. The second-order valence-corrected chi connectivity index (χ2v) is 8.98. The Labute approximate surface area is 161 Å². The van der Waals surface area contributed by atoms with Crippen LogP contribution in [0, 0.1) is 0 Å². The van der Waals surface area contributed by atoms with Crippen LogP contribution in [0.5, 0.6) is 5.75 Å². The van der Waals surface area contributed by atoms with Gasteiger partial charge in [0.2, 0.25) is 5.16 Å². The Morgan fingerprint density at radius 2 is 1.92 bits per heavy atom. The van der Waals surface area contributed by atoms with Crippen molar-refractivity contribution < 1.29 is 4.74 Å². The number of hydrogen-bond acceptors (Lipinski definition) is 6. The fraction of sp³-hybridized carbons (Fsp3) is 0.316. The summed E-state index contributed by atoms with van der Waals surface area (Å²) in [5.41, 5.74) is 2.47. The highest BCUT2D eigenvalue weighted by atomic mass is 32.2. The van der Waals surface area contributed by atoms with Crippen molar-refractivity contribution in [2.24, 2.45) is 5.10 Å². The fourth-order valence-corrected chi connectivity index (χ4v) is 4.27. The molecular weight excluding hydrogens is 364 g/mol. The summed E-state index contributed by atoms with van der Waals surface area (Å²) in [6, 6.07) is 12.4. The van der Waals surface area contributed by atoms with Crippen LogP contribution in [-0.2, 0) is 12.0 Å². The maximum absolute atomic E-state index is 5.91. The van der Waals surface area contributed by atoms with Crippen LogP contribution in [-0.4, -0.2) is 26.3 Å². The number of benzene rings is 1. The largest absolute Gasteiger partial charge is 0.486 e. The zero-order valence-electron chi connectivity index (χ0n) is 15.0. The van der Waals surface area contributed by atoms with Crippen molar-refractivity contribution in [2.75, 3.05) is 5.75 Å². The molecule has 5 nitrogen and oxygen atoms in total. The number of thioether (sulfide) groups is 1. The van der Waals surface area contributed by atoms with Gasteiger partial charge >= 0.3 is 0 Å². The van der Waals surface area contributed by atoms with Crippen LogP contribution < -0.4 is 4.74 Å². The monoisotopic (exact) mass is 384 g/mol. The lowest BCUT2D eigenvalue weighted by atomic mass is 9.87. The Bertz CT molecular complexity index is 922. The summed E-state index contributed by atoms with van der Waals surface area (Å²) in [6.07, 6.45) is 0. The average molecular weight is 385 g/mol. The quantitative estimate of drug-likeness (QED) is 0.661. The number of thiophene rings is 1. The van der Waals surface area contributed by atoms with Gasteiger partial charge in [0.15, 0.2) is 5.82 Å². The lowest BCUT2D eigenvalue weighted by Gasteiger charge is -2.19. The summed E-state index contributed by atoms with van der Waals surface area (Å²) in [5, 5.41) is 16.1. The molecule has 2 aromatic heterocycles. The van der Waals surface area contributed by atoms with Gasteiger partial charge in [0.05, 0.1) is 10.6 Å². The normalized spacial score (nSPS) is 14.0. The van der Waals surface area contributed by atoms with Crippen LogP contribution >= 0.6 is 23.1 Å². The summed E-state index contributed by atoms with van der Waals surface area (Å²) in [7, 11) is 0. The van der Waals surface area contributed by atoms with Gasteiger partial charge in [0.25, 0.3) is 0 Å². The molecule has 134 valence electrons. The van der Waals surface area contributed by atoms with Gasteiger partial charge in [-0.05, 0) is 34.6 Å². The van der Waals surface area contributed by atoms with Gasteiger partial charge in [-0.15, -0.1) is 21.5 Å². The van der Waals surface area contributed by atoms with Gasteiger partial charge in [-0.3, -0.25) is 0 Å². The second-order valence-electron chi connectivity index (χ2n) is 7.09. The summed E-state index contributed by atoms with van der Waals surface area (Å²) in [5.74, 6) is 2.34. The van der Waals surface area contributed by atoms with Crippen molar-refractivity contribution in [1.82, 2.24) is 14.9 Å². The molecule has 0 amide bonds. The van der Waals surface area contributed by atoms with Crippen molar-refractivity contribution in [1.29, 1.82) is 0 Å². The van der Waals surface area contributed by atoms with Gasteiger partial charge in [0.1, 0.15) is 12.4 Å². The zero-order chi connectivity index (χ0) is 18.1. The van der Waals surface area contributed by atoms with Crippen LogP contribution in [0.4, 0.5) is 0 Å². The van der Waals surface area contributed by atoms with Gasteiger partial charge < -0.3 is 4.74 Å². The highest BCUT2D eigenvalue weighted by Gasteiger charge is 2.20. The maximum atomic E-state index is 5.91. The first-order valence-electron chi connectivity index (χ1n) is 8.43. The molecule has 7 heteroatoms. The SMILES string of the molecule is CC(C)(C)c1ccc(OCc2nnc3n2N=C(c2cccs2)CS3)cc1. The van der Waals surface area contributed by atoms with Crippen LogP contribution in [0.1, 0.15) is 37.0 Å². The van der Waals surface area contributed by atoms with E-state index in [9.17, 15) is 0 Å². The molecule has 4 rings (SSSR count). The molecule has 0 radical (unpaired) electrons. The molecule has 0 atom stereocenters. The zero-order valence-corrected chi connectivity index (χ0v) is 16.6. The lowest BCUT2D eigenvalue weighted by molar-refractivity contribution is 0.289. The van der Waals surface area contributed by atoms with Gasteiger partial charge in [0, 0.05) is 5.75 Å². The van der Waals surface area contributed by atoms with Crippen molar-refractivity contribution in [3.8, 4) is 5.75 Å². The molecule has 0 saturated heterocycles. The molecule has 0 spiro atoms. The molecule has 3 heterocycles. The number of hydrogen-bond donors (Lipinski definition) is 0. The fourth-order valence-electron chi connectivity index (χ4n) is 2.62. The van der Waals surface area contributed by atoms with E-state index in [0.717, 1.165) is 22.4 Å². The molecule has 26 heavy (non-hydrogen) atoms. The number of rotatable bonds is 4. The molecule has 3 aromatic rings. The summed E-state index contributed by atoms with van der Waals surface area (Å²) >= 11 is 3.35. The van der Waals surface area contributed by atoms with Gasteiger partial charge in [-0.1, -0.05) is 50.7 Å². The molecule has 0 N–H and O–H groups in total. The Balaban J connectivity index is 1.50. The van der Waals surface area contributed by atoms with Crippen molar-refractivity contribution in [3.63, 3.8) is 0 Å². The highest BCUT2D eigenvalue weighted by Crippen LogP contribution is 2.27. The second kappa shape index (κ2) is 6.89. The minimum atomic E-state index is 0.134. The molecule has 0 unspecified atom stereocenters. The summed E-state index contributed by atoms with van der Waals surface area (Å²) in [4.78, 5) is 1.18. The van der Waals surface area contributed by atoms with E-state index in [0.29, 0.717) is 12.4 Å². The van der Waals surface area contributed by atoms with E-state index in [1.54, 1.807) is 27.8 Å². The molecular formula is C19H20N4OS2. The third-order valence-corrected chi connectivity index (χ3v) is 5.98. The van der Waals surface area contributed by atoms with Crippen LogP contribution in [0.2, 0.25) is 0 Å². The lowest BCUT2D eigenvalue weighted by Crippen LogP contribution is -2.14. The molecule has 0 fully saturated rings. The predicted molar refractivity (Wildman–Crippen MR) is 106 cm³/mol. The molecule has 0 saturated carbocycles. The standard InChI is InChI=1S/C19H20N4OS2/c1-19(2,3)13-6-8-14(9-7-13)24-11-17-20-21-18-23(17)22-15(12-26-18)16-5-4-10-25-16/h4-10H,11-12H2,1-3H3. The van der Waals surface area contributed by atoms with E-state index in [-0.39, 0.29) is 5.41 Å². The van der Waals surface area contributed by atoms with Crippen LogP contribution in [0.3, 0.4) is 0 Å². The van der Waals surface area contributed by atoms with Gasteiger partial charge in [-0.2, -0.15) is 9.78 Å². The number of aromatic nitrogens is 3. The van der Waals surface area contributed by atoms with Gasteiger partial charge in [-0.25, -0.2) is 0 Å². The van der Waals surface area contributed by atoms with Crippen molar-refractivity contribution in [3.05, 3.63) is 58.0 Å². The Morgan fingerprint density at radius 1 is 1.12 bits per heavy atom. The van der Waals surface area contributed by atoms with E-state index >= 15 is 0 Å². The van der Waals surface area contributed by atoms with E-state index in [2.05, 4.69) is 54.5 Å². The van der Waals surface area contributed by atoms with Crippen molar-refractivity contribution in [2.45, 2.75) is 37.9 Å². The topological polar surface area (TPSA) is 52.3 Å². The van der Waals surface area contributed by atoms with E-state index in [1.165, 1.54) is 10.4 Å². The Kier molecular flexibility index (Phi) is 4.58. The summed E-state index contributed by atoms with van der Waals surface area (Å²) in [6.45, 7) is 6.94. The molecule has 1 aliphatic rings. The van der Waals surface area contributed by atoms with Crippen molar-refractivity contribution >= 4 is 28.8 Å². The van der Waals surface area contributed by atoms with Crippen LogP contribution in [0.15, 0.2) is 52.0 Å². The van der Waals surface area contributed by atoms with E-state index < -0.39 is 0 Å². The Hall–Kier alpha value is -2.12. The number of ether oxygens (including phenoxy) is 1. The first-order chi connectivity index (χ1) is 12.5. The predicted octanol–water partition coefficient (Wildman–Crippen LogP) is 4.57. The minimum absolute atomic E-state index is 0.134. The maximum Gasteiger partial charge on any atom is 0.212 e. The minimum Gasteiger partial charge on any atom is -0.486 e. The molecule has 1 aromatic carbocycles. The average Bonchev–Trinajstić information content (AvgIpc) is 3.29. The van der Waals surface area contributed by atoms with E-state index in [4.69, 9.17) is 9.84 Å². The number of fused-ring (bicyclic) bond motifs is 1. The Morgan fingerprint density at radius 3 is 2.62 bits per heavy atom. The molecule has 0 aliphatic carbocycles. The smallest absolute Gasteiger partial charge is 0.212 e. The van der Waals surface area contributed by atoms with Crippen LogP contribution in [0.25, 0.3) is 0 Å². The first kappa shape index (κ1) is 17.3. The molecule has 1 aliphatic heterocycles. The third-order valence-electron chi connectivity index (χ3n) is 4.13. The molecule has 0 bridgehead atoms. The first-order valence-corrected chi connectivity index (χ1v) is 10.3. The number of nitrogens with zero attached hydrogens (tertiary/aromatic N) is 4.